The van der Waals surface area contributed by atoms with E-state index in [-0.39, 0.29) is 0 Å². The van der Waals surface area contributed by atoms with Crippen molar-refractivity contribution in [3.8, 4) is 0 Å². The van der Waals surface area contributed by atoms with Crippen LogP contribution in [0.15, 0.2) is 0 Å². The highest BCUT2D eigenvalue weighted by atomic mass is 15.1. The van der Waals surface area contributed by atoms with Crippen LogP contribution in [0, 0.1) is 17.8 Å². The number of nitrogens with zero attached hydrogens (tertiary/aromatic N) is 1. The zero-order valence-corrected chi connectivity index (χ0v) is 10.00. The van der Waals surface area contributed by atoms with Gasteiger partial charge in [0.25, 0.3) is 0 Å². The van der Waals surface area contributed by atoms with Crippen LogP contribution in [-0.4, -0.2) is 31.1 Å². The molecule has 1 rings (SSSR count). The molecule has 2 heteroatoms. The molecule has 0 bridgehead atoms. The van der Waals surface area contributed by atoms with Crippen LogP contribution in [0.5, 0.6) is 0 Å². The summed E-state index contributed by atoms with van der Waals surface area (Å²) < 4.78 is 0. The third kappa shape index (κ3) is 3.58. The summed E-state index contributed by atoms with van der Waals surface area (Å²) in [6, 6.07) is 0. The first-order valence-corrected chi connectivity index (χ1v) is 6.06. The van der Waals surface area contributed by atoms with E-state index in [9.17, 15) is 0 Å². The van der Waals surface area contributed by atoms with Crippen LogP contribution < -0.4 is 5.73 Å². The summed E-state index contributed by atoms with van der Waals surface area (Å²) in [5, 5.41) is 0. The van der Waals surface area contributed by atoms with Gasteiger partial charge in [-0.2, -0.15) is 0 Å². The summed E-state index contributed by atoms with van der Waals surface area (Å²) in [6.45, 7) is 11.7. The molecular formula is C12H26N2. The molecule has 2 N–H and O–H groups in total. The van der Waals surface area contributed by atoms with Gasteiger partial charge in [0.15, 0.2) is 0 Å². The average Bonchev–Trinajstić information content (AvgIpc) is 2.12. The first-order valence-electron chi connectivity index (χ1n) is 6.06. The predicted molar refractivity (Wildman–Crippen MR) is 62.2 cm³/mol. The van der Waals surface area contributed by atoms with Gasteiger partial charge in [0.05, 0.1) is 0 Å². The maximum Gasteiger partial charge on any atom is 0.000969 e. The third-order valence-electron chi connectivity index (χ3n) is 3.65. The standard InChI is InChI=1S/C12H26N2/c1-10(4-6-13)8-14-7-5-11(2)12(3)9-14/h10-12H,4-9,13H2,1-3H3. The summed E-state index contributed by atoms with van der Waals surface area (Å²) in [7, 11) is 0. The highest BCUT2D eigenvalue weighted by molar-refractivity contribution is 4.76. The van der Waals surface area contributed by atoms with Crippen molar-refractivity contribution in [2.24, 2.45) is 23.5 Å². The van der Waals surface area contributed by atoms with Gasteiger partial charge in [0, 0.05) is 13.1 Å². The Kier molecular flexibility index (Phi) is 4.90. The molecule has 2 nitrogen and oxygen atoms in total. The molecule has 14 heavy (non-hydrogen) atoms. The number of piperidine rings is 1. The molecule has 0 spiro atoms. The highest BCUT2D eigenvalue weighted by Gasteiger charge is 2.23. The molecule has 0 saturated carbocycles. The van der Waals surface area contributed by atoms with E-state index in [1.165, 1.54) is 32.5 Å². The minimum atomic E-state index is 0.764. The molecule has 0 amide bonds. The first-order chi connectivity index (χ1) is 6.63. The number of rotatable bonds is 4. The third-order valence-corrected chi connectivity index (χ3v) is 3.65. The van der Waals surface area contributed by atoms with E-state index in [0.29, 0.717) is 0 Å². The van der Waals surface area contributed by atoms with Gasteiger partial charge in [-0.3, -0.25) is 0 Å². The second kappa shape index (κ2) is 5.72. The lowest BCUT2D eigenvalue weighted by Crippen LogP contribution is -2.40. The van der Waals surface area contributed by atoms with Gasteiger partial charge in [0.1, 0.15) is 0 Å². The maximum atomic E-state index is 5.57. The lowest BCUT2D eigenvalue weighted by atomic mass is 9.88. The predicted octanol–water partition coefficient (Wildman–Crippen LogP) is 1.95. The molecule has 3 atom stereocenters. The van der Waals surface area contributed by atoms with E-state index in [1.54, 1.807) is 0 Å². The first kappa shape index (κ1) is 12.0. The fraction of sp³-hybridized carbons (Fsp3) is 1.00. The Hall–Kier alpha value is -0.0800. The molecule has 1 aliphatic heterocycles. The number of nitrogens with two attached hydrogens (primary N) is 1. The highest BCUT2D eigenvalue weighted by Crippen LogP contribution is 2.23. The zero-order chi connectivity index (χ0) is 10.6. The summed E-state index contributed by atoms with van der Waals surface area (Å²) in [5.74, 6) is 2.55. The second-order valence-corrected chi connectivity index (χ2v) is 5.19. The largest absolute Gasteiger partial charge is 0.330 e. The number of hydrogen-bond acceptors (Lipinski definition) is 2. The molecule has 0 aromatic heterocycles. The topological polar surface area (TPSA) is 29.3 Å². The lowest BCUT2D eigenvalue weighted by Gasteiger charge is -2.36. The minimum absolute atomic E-state index is 0.764. The fourth-order valence-electron chi connectivity index (χ4n) is 2.33. The second-order valence-electron chi connectivity index (χ2n) is 5.19. The van der Waals surface area contributed by atoms with Crippen molar-refractivity contribution in [3.63, 3.8) is 0 Å². The lowest BCUT2D eigenvalue weighted by molar-refractivity contribution is 0.122. The Bertz CT molecular complexity index is 158. The molecule has 1 fully saturated rings. The number of likely N-dealkylation sites (tertiary alicyclic amines) is 1. The normalized spacial score (nSPS) is 31.7. The monoisotopic (exact) mass is 198 g/mol. The molecule has 0 aromatic rings. The van der Waals surface area contributed by atoms with E-state index < -0.39 is 0 Å². The van der Waals surface area contributed by atoms with E-state index in [1.807, 2.05) is 0 Å². The van der Waals surface area contributed by atoms with Gasteiger partial charge in [0.2, 0.25) is 0 Å². The van der Waals surface area contributed by atoms with Crippen LogP contribution in [0.25, 0.3) is 0 Å². The van der Waals surface area contributed by atoms with Crippen LogP contribution in [0.3, 0.4) is 0 Å². The van der Waals surface area contributed by atoms with Crippen LogP contribution in [0.1, 0.15) is 33.6 Å². The molecule has 0 aromatic carbocycles. The average molecular weight is 198 g/mol. The van der Waals surface area contributed by atoms with Crippen molar-refractivity contribution < 1.29 is 0 Å². The van der Waals surface area contributed by atoms with Gasteiger partial charge in [-0.05, 0) is 43.7 Å². The van der Waals surface area contributed by atoms with E-state index in [4.69, 9.17) is 5.73 Å². The van der Waals surface area contributed by atoms with E-state index >= 15 is 0 Å². The minimum Gasteiger partial charge on any atom is -0.330 e. The Labute approximate surface area is 88.8 Å². The van der Waals surface area contributed by atoms with Crippen LogP contribution in [0.2, 0.25) is 0 Å². The Balaban J connectivity index is 2.25. The van der Waals surface area contributed by atoms with Crippen molar-refractivity contribution in [2.75, 3.05) is 26.2 Å². The smallest absolute Gasteiger partial charge is 0.000969 e. The summed E-state index contributed by atoms with van der Waals surface area (Å²) in [5.41, 5.74) is 5.57. The van der Waals surface area contributed by atoms with E-state index in [2.05, 4.69) is 25.7 Å². The van der Waals surface area contributed by atoms with Crippen molar-refractivity contribution in [1.82, 2.24) is 4.90 Å². The van der Waals surface area contributed by atoms with Crippen LogP contribution in [0.4, 0.5) is 0 Å². The maximum absolute atomic E-state index is 5.57. The molecule has 0 aliphatic carbocycles. The molecular weight excluding hydrogens is 172 g/mol. The van der Waals surface area contributed by atoms with Crippen molar-refractivity contribution in [3.05, 3.63) is 0 Å². The summed E-state index contributed by atoms with van der Waals surface area (Å²) in [6.07, 6.45) is 2.54. The summed E-state index contributed by atoms with van der Waals surface area (Å²) in [4.78, 5) is 2.62. The van der Waals surface area contributed by atoms with Gasteiger partial charge >= 0.3 is 0 Å². The van der Waals surface area contributed by atoms with Gasteiger partial charge in [-0.1, -0.05) is 20.8 Å². The molecule has 0 radical (unpaired) electrons. The van der Waals surface area contributed by atoms with Gasteiger partial charge in [-0.25, -0.2) is 0 Å². The Morgan fingerprint density at radius 1 is 1.36 bits per heavy atom. The quantitative estimate of drug-likeness (QED) is 0.748. The fourth-order valence-corrected chi connectivity index (χ4v) is 2.33. The van der Waals surface area contributed by atoms with Crippen LogP contribution >= 0.6 is 0 Å². The van der Waals surface area contributed by atoms with Crippen LogP contribution in [-0.2, 0) is 0 Å². The Morgan fingerprint density at radius 2 is 2.07 bits per heavy atom. The van der Waals surface area contributed by atoms with Crippen molar-refractivity contribution >= 4 is 0 Å². The zero-order valence-electron chi connectivity index (χ0n) is 10.00. The number of hydrogen-bond donors (Lipinski definition) is 1. The Morgan fingerprint density at radius 3 is 2.64 bits per heavy atom. The molecule has 84 valence electrons. The molecule has 1 aliphatic rings. The van der Waals surface area contributed by atoms with E-state index in [0.717, 1.165) is 24.3 Å². The molecule has 1 saturated heterocycles. The van der Waals surface area contributed by atoms with Gasteiger partial charge < -0.3 is 10.6 Å². The molecule has 1 heterocycles. The SMILES string of the molecule is CC(CCN)CN1CCC(C)C(C)C1. The van der Waals surface area contributed by atoms with Gasteiger partial charge in [-0.15, -0.1) is 0 Å². The van der Waals surface area contributed by atoms with Crippen molar-refractivity contribution in [1.29, 1.82) is 0 Å². The molecule has 3 unspecified atom stereocenters. The summed E-state index contributed by atoms with van der Waals surface area (Å²) >= 11 is 0. The van der Waals surface area contributed by atoms with Crippen molar-refractivity contribution in [2.45, 2.75) is 33.6 Å².